The van der Waals surface area contributed by atoms with Crippen molar-refractivity contribution in [2.24, 2.45) is 0 Å². The molecular weight excluding hydrogens is 585 g/mol. The Kier molecular flexibility index (Phi) is 10.3. The zero-order chi connectivity index (χ0) is 31.0. The molecule has 0 unspecified atom stereocenters. The second-order valence-corrected chi connectivity index (χ2v) is 10.5. The SMILES string of the molecule is Cc1ccc(C(=O)Nc2ccc(CN3CCOCC3)c(C(F)(F)F)c2)cc1N.O=C(O)c1cnc(Nc2ccccn2)s1. The number of nitrogens with two attached hydrogens (primary N) is 1. The fourth-order valence-electron chi connectivity index (χ4n) is 4.02. The van der Waals surface area contributed by atoms with Gasteiger partial charge in [0.1, 0.15) is 10.7 Å². The fraction of sp³-hybridized carbons (Fsp3) is 0.241. The maximum absolute atomic E-state index is 13.6. The highest BCUT2D eigenvalue weighted by molar-refractivity contribution is 7.17. The fourth-order valence-corrected chi connectivity index (χ4v) is 4.68. The quantitative estimate of drug-likeness (QED) is 0.194. The number of hydrogen-bond donors (Lipinski definition) is 4. The first kappa shape index (κ1) is 31.4. The lowest BCUT2D eigenvalue weighted by Gasteiger charge is -2.27. The molecule has 43 heavy (non-hydrogen) atoms. The van der Waals surface area contributed by atoms with Crippen LogP contribution in [0.5, 0.6) is 0 Å². The zero-order valence-electron chi connectivity index (χ0n) is 23.0. The van der Waals surface area contributed by atoms with E-state index in [4.69, 9.17) is 15.6 Å². The number of benzene rings is 2. The summed E-state index contributed by atoms with van der Waals surface area (Å²) in [5.74, 6) is -0.842. The van der Waals surface area contributed by atoms with Crippen LogP contribution < -0.4 is 16.4 Å². The van der Waals surface area contributed by atoms with Crippen molar-refractivity contribution < 1.29 is 32.6 Å². The maximum atomic E-state index is 13.6. The van der Waals surface area contributed by atoms with Crippen LogP contribution in [-0.4, -0.2) is 58.2 Å². The van der Waals surface area contributed by atoms with Crippen molar-refractivity contribution >= 4 is 45.5 Å². The smallest absolute Gasteiger partial charge is 0.416 e. The minimum absolute atomic E-state index is 0.0854. The monoisotopic (exact) mass is 614 g/mol. The Hall–Kier alpha value is -4.53. The molecule has 226 valence electrons. The highest BCUT2D eigenvalue weighted by atomic mass is 32.1. The van der Waals surface area contributed by atoms with E-state index in [2.05, 4.69) is 20.6 Å². The maximum Gasteiger partial charge on any atom is 0.416 e. The Morgan fingerprint density at radius 1 is 1.09 bits per heavy atom. The summed E-state index contributed by atoms with van der Waals surface area (Å²) in [5, 5.41) is 14.6. The Morgan fingerprint density at radius 2 is 1.86 bits per heavy atom. The number of halogens is 3. The minimum atomic E-state index is -4.52. The number of nitrogens with zero attached hydrogens (tertiary/aromatic N) is 3. The molecule has 0 saturated carbocycles. The Labute approximate surface area is 249 Å². The minimum Gasteiger partial charge on any atom is -0.477 e. The molecular formula is C29H29F3N6O4S. The van der Waals surface area contributed by atoms with Gasteiger partial charge in [-0.25, -0.2) is 14.8 Å². The molecule has 2 aromatic carbocycles. The predicted octanol–water partition coefficient (Wildman–Crippen LogP) is 5.66. The molecule has 5 N–H and O–H groups in total. The summed E-state index contributed by atoms with van der Waals surface area (Å²) >= 11 is 1.07. The largest absolute Gasteiger partial charge is 0.477 e. The molecule has 1 saturated heterocycles. The number of aryl methyl sites for hydroxylation is 1. The van der Waals surface area contributed by atoms with Gasteiger partial charge in [-0.2, -0.15) is 13.2 Å². The number of aromatic nitrogens is 2. The van der Waals surface area contributed by atoms with Gasteiger partial charge in [-0.05, 0) is 54.4 Å². The number of nitrogen functional groups attached to an aromatic ring is 1. The van der Waals surface area contributed by atoms with Crippen molar-refractivity contribution in [3.05, 3.63) is 94.1 Å². The molecule has 1 aliphatic heterocycles. The number of carboxylic acids is 1. The predicted molar refractivity (Wildman–Crippen MR) is 158 cm³/mol. The normalized spacial score (nSPS) is 13.5. The van der Waals surface area contributed by atoms with Crippen LogP contribution in [0.4, 0.5) is 35.5 Å². The second kappa shape index (κ2) is 14.1. The van der Waals surface area contributed by atoms with Gasteiger partial charge < -0.3 is 26.2 Å². The first-order chi connectivity index (χ1) is 20.5. The van der Waals surface area contributed by atoms with E-state index >= 15 is 0 Å². The molecule has 1 fully saturated rings. The highest BCUT2D eigenvalue weighted by Gasteiger charge is 2.34. The summed E-state index contributed by atoms with van der Waals surface area (Å²) in [5.41, 5.74) is 6.87. The third-order valence-electron chi connectivity index (χ3n) is 6.33. The molecule has 0 bridgehead atoms. The van der Waals surface area contributed by atoms with Crippen molar-refractivity contribution in [2.75, 3.05) is 42.7 Å². The van der Waals surface area contributed by atoms with Crippen molar-refractivity contribution in [1.29, 1.82) is 0 Å². The third kappa shape index (κ3) is 8.98. The summed E-state index contributed by atoms with van der Waals surface area (Å²) in [6, 6.07) is 14.1. The van der Waals surface area contributed by atoms with Gasteiger partial charge in [0.05, 0.1) is 25.0 Å². The van der Waals surface area contributed by atoms with Gasteiger partial charge in [-0.3, -0.25) is 9.69 Å². The molecule has 0 atom stereocenters. The topological polar surface area (TPSA) is 143 Å². The number of ether oxygens (including phenoxy) is 1. The number of carboxylic acid groups (broad SMARTS) is 1. The molecule has 0 aliphatic carbocycles. The van der Waals surface area contributed by atoms with Crippen LogP contribution in [0.25, 0.3) is 0 Å². The van der Waals surface area contributed by atoms with E-state index in [0.717, 1.165) is 23.0 Å². The van der Waals surface area contributed by atoms with Gasteiger partial charge in [0.2, 0.25) is 0 Å². The van der Waals surface area contributed by atoms with Gasteiger partial charge in [0.15, 0.2) is 5.13 Å². The average Bonchev–Trinajstić information content (AvgIpc) is 3.45. The van der Waals surface area contributed by atoms with Gasteiger partial charge >= 0.3 is 12.1 Å². The molecule has 4 aromatic rings. The van der Waals surface area contributed by atoms with Crippen molar-refractivity contribution in [3.8, 4) is 0 Å². The number of alkyl halides is 3. The summed E-state index contributed by atoms with van der Waals surface area (Å²) in [4.78, 5) is 33.0. The lowest BCUT2D eigenvalue weighted by atomic mass is 10.0. The summed E-state index contributed by atoms with van der Waals surface area (Å²) in [6.07, 6.45) is -1.55. The summed E-state index contributed by atoms with van der Waals surface area (Å²) in [6.45, 7) is 4.18. The van der Waals surface area contributed by atoms with E-state index in [0.29, 0.717) is 42.9 Å². The van der Waals surface area contributed by atoms with Crippen LogP contribution in [0, 0.1) is 6.92 Å². The van der Waals surface area contributed by atoms with E-state index in [1.807, 2.05) is 11.0 Å². The number of aromatic carboxylic acids is 1. The van der Waals surface area contributed by atoms with Crippen molar-refractivity contribution in [2.45, 2.75) is 19.6 Å². The molecule has 14 heteroatoms. The summed E-state index contributed by atoms with van der Waals surface area (Å²) < 4.78 is 45.9. The summed E-state index contributed by atoms with van der Waals surface area (Å²) in [7, 11) is 0. The molecule has 0 spiro atoms. The van der Waals surface area contributed by atoms with E-state index in [1.54, 1.807) is 37.4 Å². The number of rotatable bonds is 7. The van der Waals surface area contributed by atoms with Crippen molar-refractivity contribution in [3.63, 3.8) is 0 Å². The number of amides is 1. The van der Waals surface area contributed by atoms with E-state index < -0.39 is 23.6 Å². The molecule has 10 nitrogen and oxygen atoms in total. The first-order valence-electron chi connectivity index (χ1n) is 13.0. The number of hydrogen-bond acceptors (Lipinski definition) is 9. The standard InChI is InChI=1S/C20H22F3N3O2.C9H7N3O2S/c1-13-2-3-14(10-18(13)24)19(27)25-16-5-4-15(17(11-16)20(21,22)23)12-26-6-8-28-9-7-26;13-8(14)6-5-11-9(15-6)12-7-3-1-2-4-10-7/h2-5,10-11H,6-9,12,24H2,1H3,(H,25,27);1-5H,(H,13,14)(H,10,11,12). The van der Waals surface area contributed by atoms with Gasteiger partial charge in [-0.15, -0.1) is 0 Å². The number of pyridine rings is 1. The number of anilines is 4. The van der Waals surface area contributed by atoms with E-state index in [-0.39, 0.29) is 28.2 Å². The van der Waals surface area contributed by atoms with Crippen LogP contribution in [0.1, 0.15) is 36.7 Å². The number of carbonyl (C=O) groups is 2. The van der Waals surface area contributed by atoms with Gasteiger partial charge in [0, 0.05) is 42.8 Å². The van der Waals surface area contributed by atoms with Crippen LogP contribution >= 0.6 is 11.3 Å². The number of nitrogens with one attached hydrogen (secondary N) is 2. The Balaban J connectivity index is 0.000000237. The third-order valence-corrected chi connectivity index (χ3v) is 7.23. The number of morpholine rings is 1. The number of carbonyl (C=O) groups excluding carboxylic acids is 1. The Bertz CT molecular complexity index is 1560. The van der Waals surface area contributed by atoms with Crippen molar-refractivity contribution in [1.82, 2.24) is 14.9 Å². The molecule has 5 rings (SSSR count). The second-order valence-electron chi connectivity index (χ2n) is 9.46. The van der Waals surface area contributed by atoms with Crippen LogP contribution in [-0.2, 0) is 17.5 Å². The van der Waals surface area contributed by atoms with Crippen LogP contribution in [0.3, 0.4) is 0 Å². The van der Waals surface area contributed by atoms with E-state index in [9.17, 15) is 22.8 Å². The zero-order valence-corrected chi connectivity index (χ0v) is 23.8. The molecule has 0 radical (unpaired) electrons. The molecule has 1 aliphatic rings. The van der Waals surface area contributed by atoms with Gasteiger partial charge in [-0.1, -0.05) is 29.5 Å². The van der Waals surface area contributed by atoms with Crippen LogP contribution in [0.2, 0.25) is 0 Å². The first-order valence-corrected chi connectivity index (χ1v) is 13.9. The average molecular weight is 615 g/mol. The lowest BCUT2D eigenvalue weighted by Crippen LogP contribution is -2.36. The molecule has 3 heterocycles. The van der Waals surface area contributed by atoms with E-state index in [1.165, 1.54) is 24.4 Å². The lowest BCUT2D eigenvalue weighted by molar-refractivity contribution is -0.138. The molecule has 1 amide bonds. The van der Waals surface area contributed by atoms with Crippen LogP contribution in [0.15, 0.2) is 67.0 Å². The number of thiazole rings is 1. The van der Waals surface area contributed by atoms with Gasteiger partial charge in [0.25, 0.3) is 5.91 Å². The Morgan fingerprint density at radius 3 is 2.49 bits per heavy atom. The molecule has 2 aromatic heterocycles. The highest BCUT2D eigenvalue weighted by Crippen LogP contribution is 2.35.